The molecule has 0 fully saturated rings. The van der Waals surface area contributed by atoms with Crippen LogP contribution in [0, 0.1) is 0 Å². The normalized spacial score (nSPS) is 13.1. The van der Waals surface area contributed by atoms with Crippen LogP contribution in [0.2, 0.25) is 0 Å². The Labute approximate surface area is 72.5 Å². The molecule has 72 valence electrons. The van der Waals surface area contributed by atoms with E-state index in [9.17, 15) is 9.18 Å². The van der Waals surface area contributed by atoms with Gasteiger partial charge < -0.3 is 11.1 Å². The smallest absolute Gasteiger partial charge is 0.237 e. The van der Waals surface area contributed by atoms with Crippen molar-refractivity contribution in [3.63, 3.8) is 0 Å². The van der Waals surface area contributed by atoms with Crippen LogP contribution in [0.1, 0.15) is 26.7 Å². The minimum Gasteiger partial charge on any atom is -0.353 e. The summed E-state index contributed by atoms with van der Waals surface area (Å²) in [6, 6.07) is -0.475. The molecule has 0 aromatic carbocycles. The number of halogens is 1. The van der Waals surface area contributed by atoms with Crippen LogP contribution >= 0.6 is 0 Å². The van der Waals surface area contributed by atoms with E-state index in [1.165, 1.54) is 0 Å². The summed E-state index contributed by atoms with van der Waals surface area (Å²) in [4.78, 5) is 11.1. The SMILES string of the molecule is CC(C)NC(=O)C(N)CCCF. The van der Waals surface area contributed by atoms with E-state index in [2.05, 4.69) is 5.32 Å². The lowest BCUT2D eigenvalue weighted by molar-refractivity contribution is -0.123. The molecule has 0 aliphatic rings. The molecule has 1 amide bonds. The molecule has 4 heteroatoms. The van der Waals surface area contributed by atoms with Crippen molar-refractivity contribution in [1.82, 2.24) is 5.32 Å². The first-order chi connectivity index (χ1) is 5.57. The molecule has 0 aliphatic heterocycles. The summed E-state index contributed by atoms with van der Waals surface area (Å²) in [5.74, 6) is -0.196. The van der Waals surface area contributed by atoms with E-state index in [0.717, 1.165) is 0 Å². The highest BCUT2D eigenvalue weighted by Gasteiger charge is 2.12. The van der Waals surface area contributed by atoms with Gasteiger partial charge in [0.15, 0.2) is 0 Å². The van der Waals surface area contributed by atoms with Crippen LogP contribution in [-0.2, 0) is 4.79 Å². The fraction of sp³-hybridized carbons (Fsp3) is 0.875. The fourth-order valence-electron chi connectivity index (χ4n) is 0.820. The van der Waals surface area contributed by atoms with Crippen molar-refractivity contribution < 1.29 is 9.18 Å². The molecule has 0 rings (SSSR count). The van der Waals surface area contributed by atoms with Crippen molar-refractivity contribution in [3.05, 3.63) is 0 Å². The van der Waals surface area contributed by atoms with Crippen molar-refractivity contribution in [2.75, 3.05) is 6.67 Å². The molecule has 1 unspecified atom stereocenters. The van der Waals surface area contributed by atoms with Crippen molar-refractivity contribution >= 4 is 5.91 Å². The van der Waals surface area contributed by atoms with Gasteiger partial charge in [-0.25, -0.2) is 0 Å². The number of nitrogens with one attached hydrogen (secondary N) is 1. The lowest BCUT2D eigenvalue weighted by atomic mass is 10.1. The molecule has 0 saturated carbocycles. The quantitative estimate of drug-likeness (QED) is 0.644. The third-order valence-electron chi connectivity index (χ3n) is 1.42. The summed E-state index contributed by atoms with van der Waals surface area (Å²) < 4.78 is 11.7. The molecule has 1 atom stereocenters. The standard InChI is InChI=1S/C8H17FN2O/c1-6(2)11-8(12)7(10)4-3-5-9/h6-7H,3-5,10H2,1-2H3,(H,11,12). The zero-order valence-electron chi connectivity index (χ0n) is 7.64. The number of amides is 1. The maximum Gasteiger partial charge on any atom is 0.237 e. The molecular formula is C8H17FN2O. The van der Waals surface area contributed by atoms with Gasteiger partial charge >= 0.3 is 0 Å². The van der Waals surface area contributed by atoms with Crippen LogP contribution in [0.3, 0.4) is 0 Å². The molecule has 12 heavy (non-hydrogen) atoms. The summed E-state index contributed by atoms with van der Waals surface area (Å²) in [5, 5.41) is 2.67. The van der Waals surface area contributed by atoms with E-state index in [1.807, 2.05) is 13.8 Å². The van der Waals surface area contributed by atoms with Gasteiger partial charge in [-0.2, -0.15) is 0 Å². The Kier molecular flexibility index (Phi) is 5.62. The van der Waals surface area contributed by atoms with Gasteiger partial charge in [0, 0.05) is 6.04 Å². The Balaban J connectivity index is 3.61. The van der Waals surface area contributed by atoms with E-state index in [0.29, 0.717) is 12.8 Å². The second-order valence-corrected chi connectivity index (χ2v) is 3.10. The molecule has 0 aromatic heterocycles. The molecule has 0 radical (unpaired) electrons. The van der Waals surface area contributed by atoms with Gasteiger partial charge in [-0.3, -0.25) is 9.18 Å². The van der Waals surface area contributed by atoms with Crippen LogP contribution in [-0.4, -0.2) is 24.7 Å². The summed E-state index contributed by atoms with van der Waals surface area (Å²) in [6.07, 6.45) is 0.766. The lowest BCUT2D eigenvalue weighted by Crippen LogP contribution is -2.43. The minimum absolute atomic E-state index is 0.0916. The topological polar surface area (TPSA) is 55.1 Å². The van der Waals surface area contributed by atoms with Gasteiger partial charge in [0.05, 0.1) is 12.7 Å². The van der Waals surface area contributed by atoms with Gasteiger partial charge in [-0.15, -0.1) is 0 Å². The van der Waals surface area contributed by atoms with Gasteiger partial charge in [0.25, 0.3) is 0 Å². The molecule has 0 heterocycles. The third kappa shape index (κ3) is 5.07. The van der Waals surface area contributed by atoms with Gasteiger partial charge in [0.1, 0.15) is 0 Å². The van der Waals surface area contributed by atoms with Crippen LogP contribution in [0.4, 0.5) is 4.39 Å². The zero-order chi connectivity index (χ0) is 9.56. The lowest BCUT2D eigenvalue weighted by Gasteiger charge is -2.13. The number of carbonyl (C=O) groups is 1. The average molecular weight is 176 g/mol. The third-order valence-corrected chi connectivity index (χ3v) is 1.42. The molecule has 0 aromatic rings. The second kappa shape index (κ2) is 5.94. The molecular weight excluding hydrogens is 159 g/mol. The monoisotopic (exact) mass is 176 g/mol. The first-order valence-corrected chi connectivity index (χ1v) is 4.20. The van der Waals surface area contributed by atoms with Crippen LogP contribution < -0.4 is 11.1 Å². The Morgan fingerprint density at radius 3 is 2.58 bits per heavy atom. The van der Waals surface area contributed by atoms with Crippen molar-refractivity contribution in [2.45, 2.75) is 38.8 Å². The number of carbonyl (C=O) groups excluding carboxylic acids is 1. The Morgan fingerprint density at radius 2 is 2.17 bits per heavy atom. The summed E-state index contributed by atoms with van der Waals surface area (Å²) in [6.45, 7) is 3.31. The summed E-state index contributed by atoms with van der Waals surface area (Å²) in [5.41, 5.74) is 5.47. The zero-order valence-corrected chi connectivity index (χ0v) is 7.64. The molecule has 3 nitrogen and oxygen atoms in total. The highest BCUT2D eigenvalue weighted by molar-refractivity contribution is 5.81. The molecule has 0 spiro atoms. The second-order valence-electron chi connectivity index (χ2n) is 3.10. The number of nitrogens with two attached hydrogens (primary N) is 1. The molecule has 0 saturated heterocycles. The van der Waals surface area contributed by atoms with Gasteiger partial charge in [-0.1, -0.05) is 0 Å². The first kappa shape index (κ1) is 11.4. The summed E-state index contributed by atoms with van der Waals surface area (Å²) in [7, 11) is 0. The highest BCUT2D eigenvalue weighted by Crippen LogP contribution is 1.95. The maximum absolute atomic E-state index is 11.7. The van der Waals surface area contributed by atoms with Crippen molar-refractivity contribution in [2.24, 2.45) is 5.73 Å². The van der Waals surface area contributed by atoms with Crippen molar-refractivity contribution in [1.29, 1.82) is 0 Å². The van der Waals surface area contributed by atoms with E-state index >= 15 is 0 Å². The first-order valence-electron chi connectivity index (χ1n) is 4.20. The van der Waals surface area contributed by atoms with E-state index in [1.54, 1.807) is 0 Å². The average Bonchev–Trinajstić information content (AvgIpc) is 1.98. The van der Waals surface area contributed by atoms with Crippen molar-refractivity contribution in [3.8, 4) is 0 Å². The van der Waals surface area contributed by atoms with Crippen LogP contribution in [0.15, 0.2) is 0 Å². The van der Waals surface area contributed by atoms with Crippen LogP contribution in [0.25, 0.3) is 0 Å². The Hall–Kier alpha value is -0.640. The highest BCUT2D eigenvalue weighted by atomic mass is 19.1. The molecule has 0 aliphatic carbocycles. The molecule has 3 N–H and O–H groups in total. The number of hydrogen-bond donors (Lipinski definition) is 2. The van der Waals surface area contributed by atoms with E-state index < -0.39 is 12.7 Å². The predicted octanol–water partition coefficient (Wildman–Crippen LogP) is 0.588. The van der Waals surface area contributed by atoms with Crippen LogP contribution in [0.5, 0.6) is 0 Å². The maximum atomic E-state index is 11.7. The van der Waals surface area contributed by atoms with E-state index in [4.69, 9.17) is 5.73 Å². The van der Waals surface area contributed by atoms with E-state index in [-0.39, 0.29) is 11.9 Å². The summed E-state index contributed by atoms with van der Waals surface area (Å²) >= 11 is 0. The molecule has 0 bridgehead atoms. The minimum atomic E-state index is -0.567. The van der Waals surface area contributed by atoms with Gasteiger partial charge in [-0.05, 0) is 26.7 Å². The fourth-order valence-corrected chi connectivity index (χ4v) is 0.820. The number of alkyl halides is 1. The largest absolute Gasteiger partial charge is 0.353 e. The number of hydrogen-bond acceptors (Lipinski definition) is 2. The Bertz CT molecular complexity index is 139. The van der Waals surface area contributed by atoms with Gasteiger partial charge in [0.2, 0.25) is 5.91 Å². The number of rotatable bonds is 5. The Morgan fingerprint density at radius 1 is 1.58 bits per heavy atom. The predicted molar refractivity (Wildman–Crippen MR) is 46.5 cm³/mol.